The monoisotopic (exact) mass is 448 g/mol. The number of Topliss-reactive ketones (excluding diaryl/α,β-unsaturated/α-hetero) is 1. The lowest BCUT2D eigenvalue weighted by atomic mass is 10.1. The highest BCUT2D eigenvalue weighted by atomic mass is 35.5. The van der Waals surface area contributed by atoms with Crippen LogP contribution in [0.3, 0.4) is 0 Å². The Balaban J connectivity index is 1.51. The van der Waals surface area contributed by atoms with Gasteiger partial charge in [-0.15, -0.1) is 0 Å². The van der Waals surface area contributed by atoms with E-state index in [1.54, 1.807) is 17.0 Å². The van der Waals surface area contributed by atoms with Crippen LogP contribution in [-0.4, -0.2) is 66.9 Å². The maximum Gasteiger partial charge on any atom is 0.250 e. The first kappa shape index (κ1) is 22.7. The van der Waals surface area contributed by atoms with Crippen LogP contribution >= 0.6 is 23.2 Å². The van der Waals surface area contributed by atoms with Crippen molar-refractivity contribution < 1.29 is 18.3 Å². The molecule has 0 aliphatic carbocycles. The van der Waals surface area contributed by atoms with Gasteiger partial charge in [-0.25, -0.2) is 8.78 Å². The van der Waals surface area contributed by atoms with Crippen LogP contribution in [0.15, 0.2) is 12.1 Å². The van der Waals surface area contributed by atoms with Gasteiger partial charge in [-0.05, 0) is 44.9 Å². The molecule has 1 aromatic rings. The van der Waals surface area contributed by atoms with Gasteiger partial charge in [0.25, 0.3) is 5.92 Å². The van der Waals surface area contributed by atoms with Crippen LogP contribution in [0.1, 0.15) is 49.4 Å². The number of carbonyl (C=O) groups is 1. The van der Waals surface area contributed by atoms with Gasteiger partial charge in [0.05, 0.1) is 23.2 Å². The van der Waals surface area contributed by atoms with Gasteiger partial charge >= 0.3 is 0 Å². The van der Waals surface area contributed by atoms with Crippen molar-refractivity contribution in [2.45, 2.75) is 51.0 Å². The molecule has 2 aliphatic rings. The molecule has 1 aromatic carbocycles. The Morgan fingerprint density at radius 3 is 2.45 bits per heavy atom. The Morgan fingerprint density at radius 1 is 1.21 bits per heavy atom. The SMILES string of the molecule is C[C@@H]1CCCN1CCCOc1c(Cl)cc(C(=O)CN2CCC(F)(F)CC2)cc1Cl. The molecule has 0 bridgehead atoms. The molecule has 4 nitrogen and oxygen atoms in total. The van der Waals surface area contributed by atoms with Crippen molar-refractivity contribution in [1.29, 1.82) is 0 Å². The van der Waals surface area contributed by atoms with Crippen LogP contribution in [0.4, 0.5) is 8.78 Å². The first-order chi connectivity index (χ1) is 13.7. The Kier molecular flexibility index (Phi) is 7.76. The van der Waals surface area contributed by atoms with Crippen molar-refractivity contribution >= 4 is 29.0 Å². The first-order valence-corrected chi connectivity index (χ1v) is 11.0. The molecular weight excluding hydrogens is 421 g/mol. The van der Waals surface area contributed by atoms with Gasteiger partial charge in [0.2, 0.25) is 0 Å². The number of alkyl halides is 2. The fourth-order valence-electron chi connectivity index (χ4n) is 3.96. The highest BCUT2D eigenvalue weighted by Crippen LogP contribution is 2.35. The number of carbonyl (C=O) groups excluding carboxylic acids is 1. The van der Waals surface area contributed by atoms with Crippen LogP contribution in [0.25, 0.3) is 0 Å². The van der Waals surface area contributed by atoms with Crippen LogP contribution in [0, 0.1) is 0 Å². The van der Waals surface area contributed by atoms with Gasteiger partial charge in [0.15, 0.2) is 11.5 Å². The number of piperidine rings is 1. The molecule has 2 fully saturated rings. The maximum absolute atomic E-state index is 13.3. The van der Waals surface area contributed by atoms with Crippen LogP contribution in [-0.2, 0) is 0 Å². The number of nitrogens with zero attached hydrogens (tertiary/aromatic N) is 2. The summed E-state index contributed by atoms with van der Waals surface area (Å²) in [6.07, 6.45) is 2.93. The molecule has 162 valence electrons. The van der Waals surface area contributed by atoms with Crippen LogP contribution in [0.2, 0.25) is 10.0 Å². The lowest BCUT2D eigenvalue weighted by molar-refractivity contribution is -0.0536. The molecule has 2 saturated heterocycles. The van der Waals surface area contributed by atoms with Crippen LogP contribution in [0.5, 0.6) is 5.75 Å². The fourth-order valence-corrected chi connectivity index (χ4v) is 4.55. The smallest absolute Gasteiger partial charge is 0.250 e. The Hall–Kier alpha value is -0.950. The molecule has 0 N–H and O–H groups in total. The molecule has 29 heavy (non-hydrogen) atoms. The number of rotatable bonds is 8. The van der Waals surface area contributed by atoms with E-state index in [-0.39, 0.29) is 38.3 Å². The van der Waals surface area contributed by atoms with Gasteiger partial charge in [-0.1, -0.05) is 23.2 Å². The van der Waals surface area contributed by atoms with Crippen molar-refractivity contribution in [3.8, 4) is 5.75 Å². The minimum atomic E-state index is -2.63. The highest BCUT2D eigenvalue weighted by molar-refractivity contribution is 6.37. The zero-order valence-corrected chi connectivity index (χ0v) is 18.2. The van der Waals surface area contributed by atoms with Gasteiger partial charge in [-0.2, -0.15) is 0 Å². The summed E-state index contributed by atoms with van der Waals surface area (Å²) in [7, 11) is 0. The molecular formula is C21H28Cl2F2N2O2. The molecule has 8 heteroatoms. The molecule has 2 aliphatic heterocycles. The third kappa shape index (κ3) is 6.27. The van der Waals surface area contributed by atoms with Gasteiger partial charge < -0.3 is 9.64 Å². The summed E-state index contributed by atoms with van der Waals surface area (Å²) in [5.41, 5.74) is 0.371. The summed E-state index contributed by atoms with van der Waals surface area (Å²) >= 11 is 12.6. The number of hydrogen-bond donors (Lipinski definition) is 0. The van der Waals surface area contributed by atoms with E-state index in [0.717, 1.165) is 19.5 Å². The van der Waals surface area contributed by atoms with E-state index < -0.39 is 5.92 Å². The van der Waals surface area contributed by atoms with E-state index in [2.05, 4.69) is 11.8 Å². The maximum atomic E-state index is 13.3. The Morgan fingerprint density at radius 2 is 1.86 bits per heavy atom. The number of ether oxygens (including phenoxy) is 1. The van der Waals surface area contributed by atoms with Crippen molar-refractivity contribution in [2.75, 3.05) is 39.3 Å². The highest BCUT2D eigenvalue weighted by Gasteiger charge is 2.34. The molecule has 3 rings (SSSR count). The standard InChI is InChI=1S/C21H28Cl2F2N2O2/c1-15-4-2-7-27(15)8-3-11-29-20-17(22)12-16(13-18(20)23)19(28)14-26-9-5-21(24,25)6-10-26/h12-13,15H,2-11,14H2,1H3/t15-/m1/s1. The number of likely N-dealkylation sites (tertiary alicyclic amines) is 2. The summed E-state index contributed by atoms with van der Waals surface area (Å²) in [5, 5.41) is 0.584. The molecule has 0 unspecified atom stereocenters. The molecule has 2 heterocycles. The van der Waals surface area contributed by atoms with E-state index in [9.17, 15) is 13.6 Å². The van der Waals surface area contributed by atoms with E-state index in [4.69, 9.17) is 27.9 Å². The van der Waals surface area contributed by atoms with E-state index >= 15 is 0 Å². The van der Waals surface area contributed by atoms with E-state index in [1.165, 1.54) is 12.8 Å². The number of halogens is 4. The lowest BCUT2D eigenvalue weighted by Gasteiger charge is -2.31. The van der Waals surface area contributed by atoms with Crippen LogP contribution < -0.4 is 4.74 Å². The quantitative estimate of drug-likeness (QED) is 0.406. The summed E-state index contributed by atoms with van der Waals surface area (Å²) in [6.45, 7) is 5.34. The summed E-state index contributed by atoms with van der Waals surface area (Å²) in [6, 6.07) is 3.72. The average molecular weight is 449 g/mol. The number of ketones is 1. The molecule has 0 aromatic heterocycles. The molecule has 0 radical (unpaired) electrons. The first-order valence-electron chi connectivity index (χ1n) is 10.2. The topological polar surface area (TPSA) is 32.8 Å². The molecule has 0 saturated carbocycles. The zero-order valence-electron chi connectivity index (χ0n) is 16.7. The number of hydrogen-bond acceptors (Lipinski definition) is 4. The Bertz CT molecular complexity index is 700. The predicted octanol–water partition coefficient (Wildman–Crippen LogP) is 5.16. The van der Waals surface area contributed by atoms with E-state index in [1.807, 2.05) is 0 Å². The summed E-state index contributed by atoms with van der Waals surface area (Å²) in [4.78, 5) is 16.7. The molecule has 0 spiro atoms. The van der Waals surface area contributed by atoms with E-state index in [0.29, 0.717) is 34.0 Å². The Labute approximate surface area is 181 Å². The van der Waals surface area contributed by atoms with Crippen molar-refractivity contribution in [2.24, 2.45) is 0 Å². The van der Waals surface area contributed by atoms with Gasteiger partial charge in [0.1, 0.15) is 0 Å². The summed E-state index contributed by atoms with van der Waals surface area (Å²) < 4.78 is 32.3. The predicted molar refractivity (Wildman–Crippen MR) is 112 cm³/mol. The lowest BCUT2D eigenvalue weighted by Crippen LogP contribution is -2.41. The second kappa shape index (κ2) is 9.90. The van der Waals surface area contributed by atoms with Crippen molar-refractivity contribution in [3.63, 3.8) is 0 Å². The molecule has 1 atom stereocenters. The second-order valence-electron chi connectivity index (χ2n) is 8.05. The minimum Gasteiger partial charge on any atom is -0.490 e. The normalized spacial score (nSPS) is 22.7. The van der Waals surface area contributed by atoms with Gasteiger partial charge in [-0.3, -0.25) is 9.69 Å². The zero-order chi connectivity index (χ0) is 21.0. The molecule has 0 amide bonds. The average Bonchev–Trinajstić information content (AvgIpc) is 3.07. The number of benzene rings is 1. The second-order valence-corrected chi connectivity index (χ2v) is 8.87. The van der Waals surface area contributed by atoms with Crippen molar-refractivity contribution in [3.05, 3.63) is 27.7 Å². The van der Waals surface area contributed by atoms with Gasteiger partial charge in [0, 0.05) is 44.1 Å². The third-order valence-electron chi connectivity index (χ3n) is 5.80. The third-order valence-corrected chi connectivity index (χ3v) is 6.36. The van der Waals surface area contributed by atoms with Crippen molar-refractivity contribution in [1.82, 2.24) is 9.80 Å². The summed E-state index contributed by atoms with van der Waals surface area (Å²) in [5.74, 6) is -2.43. The largest absolute Gasteiger partial charge is 0.490 e. The minimum absolute atomic E-state index is 0.0803. The fraction of sp³-hybridized carbons (Fsp3) is 0.667.